The topological polar surface area (TPSA) is 60.2 Å². The van der Waals surface area contributed by atoms with E-state index in [-0.39, 0.29) is 5.82 Å². The highest BCUT2D eigenvalue weighted by Gasteiger charge is 2.18. The Kier molecular flexibility index (Phi) is 5.95. The van der Waals surface area contributed by atoms with Crippen LogP contribution in [0.5, 0.6) is 0 Å². The monoisotopic (exact) mass is 268 g/mol. The van der Waals surface area contributed by atoms with Crippen molar-refractivity contribution in [3.05, 3.63) is 11.6 Å². The van der Waals surface area contributed by atoms with Crippen LogP contribution in [0, 0.1) is 6.92 Å². The Morgan fingerprint density at radius 1 is 1.42 bits per heavy atom. The van der Waals surface area contributed by atoms with Crippen molar-refractivity contribution in [2.24, 2.45) is 0 Å². The summed E-state index contributed by atoms with van der Waals surface area (Å²) in [5, 5.41) is 7.85. The van der Waals surface area contributed by atoms with Crippen LogP contribution in [0.4, 0.5) is 0 Å². The third-order valence-corrected chi connectivity index (χ3v) is 3.41. The van der Waals surface area contributed by atoms with Gasteiger partial charge in [-0.05, 0) is 34.2 Å². The molecule has 0 spiro atoms. The van der Waals surface area contributed by atoms with Gasteiger partial charge < -0.3 is 14.2 Å². The fourth-order valence-electron chi connectivity index (χ4n) is 1.79. The average Bonchev–Trinajstić information content (AvgIpc) is 2.76. The molecule has 0 aliphatic rings. The third-order valence-electron chi connectivity index (χ3n) is 3.41. The fourth-order valence-corrected chi connectivity index (χ4v) is 1.79. The molecule has 6 heteroatoms. The summed E-state index contributed by atoms with van der Waals surface area (Å²) in [5.74, 6) is 0.617. The van der Waals surface area contributed by atoms with Gasteiger partial charge in [0.2, 0.25) is 5.82 Å². The smallest absolute Gasteiger partial charge is 0.376 e. The number of hydrogen-bond donors (Lipinski definition) is 0. The van der Waals surface area contributed by atoms with Crippen LogP contribution in [0.1, 0.15) is 43.6 Å². The molecule has 1 atom stereocenters. The van der Waals surface area contributed by atoms with Crippen LogP contribution in [0.3, 0.4) is 0 Å². The lowest BCUT2D eigenvalue weighted by atomic mass is 10.2. The Hall–Kier alpha value is -1.43. The summed E-state index contributed by atoms with van der Waals surface area (Å²) in [7, 11) is 2.08. The molecule has 0 aromatic carbocycles. The first kappa shape index (κ1) is 15.6. The molecule has 0 saturated heterocycles. The summed E-state index contributed by atoms with van der Waals surface area (Å²) in [5.41, 5.74) is 0. The van der Waals surface area contributed by atoms with E-state index >= 15 is 0 Å². The maximum atomic E-state index is 11.8. The Labute approximate surface area is 114 Å². The van der Waals surface area contributed by atoms with Crippen molar-refractivity contribution < 1.29 is 9.53 Å². The molecule has 108 valence electrons. The van der Waals surface area contributed by atoms with Gasteiger partial charge in [-0.25, -0.2) is 4.79 Å². The largest absolute Gasteiger partial charge is 0.460 e. The zero-order valence-corrected chi connectivity index (χ0v) is 12.5. The number of rotatable bonds is 7. The molecule has 6 nitrogen and oxygen atoms in total. The van der Waals surface area contributed by atoms with E-state index in [0.717, 1.165) is 18.8 Å². The van der Waals surface area contributed by atoms with Gasteiger partial charge in [-0.1, -0.05) is 6.92 Å². The first-order valence-corrected chi connectivity index (χ1v) is 6.78. The van der Waals surface area contributed by atoms with E-state index in [1.807, 2.05) is 11.5 Å². The van der Waals surface area contributed by atoms with Gasteiger partial charge in [-0.15, -0.1) is 10.2 Å². The number of carbonyl (C=O) groups is 1. The number of carbonyl (C=O) groups excluding carboxylic acids is 1. The average molecular weight is 268 g/mol. The third kappa shape index (κ3) is 4.02. The highest BCUT2D eigenvalue weighted by molar-refractivity contribution is 5.85. The van der Waals surface area contributed by atoms with Crippen molar-refractivity contribution in [3.8, 4) is 0 Å². The van der Waals surface area contributed by atoms with Crippen LogP contribution in [0.15, 0.2) is 0 Å². The van der Waals surface area contributed by atoms with Gasteiger partial charge in [-0.2, -0.15) is 0 Å². The number of aromatic nitrogens is 3. The van der Waals surface area contributed by atoms with Gasteiger partial charge in [0.25, 0.3) is 0 Å². The van der Waals surface area contributed by atoms with Gasteiger partial charge >= 0.3 is 5.97 Å². The Bertz CT molecular complexity index is 417. The zero-order chi connectivity index (χ0) is 14.4. The van der Waals surface area contributed by atoms with E-state index in [1.54, 1.807) is 6.92 Å². The standard InChI is InChI=1S/C13H24N4O2/c1-6-10(3)16(5)8-9-17-11(4)14-15-12(17)13(18)19-7-2/h10H,6-9H2,1-5H3. The van der Waals surface area contributed by atoms with E-state index < -0.39 is 5.97 Å². The van der Waals surface area contributed by atoms with Crippen molar-refractivity contribution in [1.29, 1.82) is 0 Å². The molecule has 1 heterocycles. The predicted octanol–water partition coefficient (Wildman–Crippen LogP) is 1.49. The minimum Gasteiger partial charge on any atom is -0.460 e. The fraction of sp³-hybridized carbons (Fsp3) is 0.769. The summed E-state index contributed by atoms with van der Waals surface area (Å²) in [6.07, 6.45) is 1.10. The number of esters is 1. The predicted molar refractivity (Wildman–Crippen MR) is 73.1 cm³/mol. The van der Waals surface area contributed by atoms with Gasteiger partial charge in [0.15, 0.2) is 0 Å². The molecule has 1 aromatic heterocycles. The van der Waals surface area contributed by atoms with Crippen molar-refractivity contribution in [2.45, 2.75) is 46.7 Å². The molecule has 0 bridgehead atoms. The molecule has 0 aliphatic carbocycles. The summed E-state index contributed by atoms with van der Waals surface area (Å²) in [4.78, 5) is 14.0. The normalized spacial score (nSPS) is 12.7. The molecule has 0 amide bonds. The second-order valence-electron chi connectivity index (χ2n) is 4.68. The first-order valence-electron chi connectivity index (χ1n) is 6.78. The van der Waals surface area contributed by atoms with Crippen LogP contribution >= 0.6 is 0 Å². The molecule has 0 saturated carbocycles. The van der Waals surface area contributed by atoms with Crippen LogP contribution < -0.4 is 0 Å². The molecule has 1 unspecified atom stereocenters. The van der Waals surface area contributed by atoms with E-state index in [1.165, 1.54) is 0 Å². The lowest BCUT2D eigenvalue weighted by Gasteiger charge is -2.23. The SMILES string of the molecule is CCOC(=O)c1nnc(C)n1CCN(C)C(C)CC. The Morgan fingerprint density at radius 2 is 2.11 bits per heavy atom. The minimum atomic E-state index is -0.408. The molecule has 0 aliphatic heterocycles. The van der Waals surface area contributed by atoms with Crippen LogP contribution in [-0.4, -0.2) is 51.9 Å². The maximum absolute atomic E-state index is 11.8. The van der Waals surface area contributed by atoms with Gasteiger partial charge in [0, 0.05) is 19.1 Å². The molecule has 1 aromatic rings. The van der Waals surface area contributed by atoms with Gasteiger partial charge in [0.05, 0.1) is 6.61 Å². The van der Waals surface area contributed by atoms with E-state index in [4.69, 9.17) is 4.74 Å². The lowest BCUT2D eigenvalue weighted by molar-refractivity contribution is 0.0504. The van der Waals surface area contributed by atoms with Crippen LogP contribution in [0.25, 0.3) is 0 Å². The van der Waals surface area contributed by atoms with Crippen molar-refractivity contribution in [1.82, 2.24) is 19.7 Å². The number of aryl methyl sites for hydroxylation is 1. The summed E-state index contributed by atoms with van der Waals surface area (Å²) >= 11 is 0. The van der Waals surface area contributed by atoms with Crippen molar-refractivity contribution in [3.63, 3.8) is 0 Å². The van der Waals surface area contributed by atoms with Gasteiger partial charge in [0.1, 0.15) is 5.82 Å². The number of ether oxygens (including phenoxy) is 1. The van der Waals surface area contributed by atoms with Crippen molar-refractivity contribution in [2.75, 3.05) is 20.2 Å². The molecular weight excluding hydrogens is 244 g/mol. The minimum absolute atomic E-state index is 0.289. The number of nitrogens with zero attached hydrogens (tertiary/aromatic N) is 4. The molecule has 0 radical (unpaired) electrons. The quantitative estimate of drug-likeness (QED) is 0.701. The second-order valence-corrected chi connectivity index (χ2v) is 4.68. The number of hydrogen-bond acceptors (Lipinski definition) is 5. The molecule has 0 fully saturated rings. The second kappa shape index (κ2) is 7.23. The summed E-state index contributed by atoms with van der Waals surface area (Å²) < 4.78 is 6.80. The summed E-state index contributed by atoms with van der Waals surface area (Å²) in [6.45, 7) is 9.85. The number of likely N-dealkylation sites (N-methyl/N-ethyl adjacent to an activating group) is 1. The maximum Gasteiger partial charge on any atom is 0.376 e. The van der Waals surface area contributed by atoms with Crippen LogP contribution in [0.2, 0.25) is 0 Å². The van der Waals surface area contributed by atoms with Crippen molar-refractivity contribution >= 4 is 5.97 Å². The Morgan fingerprint density at radius 3 is 2.68 bits per heavy atom. The molecule has 0 N–H and O–H groups in total. The van der Waals surface area contributed by atoms with E-state index in [2.05, 4.69) is 36.0 Å². The lowest BCUT2D eigenvalue weighted by Crippen LogP contribution is -2.32. The molecule has 1 rings (SSSR count). The molecular formula is C13H24N4O2. The highest BCUT2D eigenvalue weighted by atomic mass is 16.5. The van der Waals surface area contributed by atoms with Crippen LogP contribution in [-0.2, 0) is 11.3 Å². The Balaban J connectivity index is 2.72. The van der Waals surface area contributed by atoms with Gasteiger partial charge in [-0.3, -0.25) is 0 Å². The molecule has 19 heavy (non-hydrogen) atoms. The summed E-state index contributed by atoms with van der Waals surface area (Å²) in [6, 6.07) is 0.517. The van der Waals surface area contributed by atoms with E-state index in [9.17, 15) is 4.79 Å². The first-order chi connectivity index (χ1) is 9.01. The van der Waals surface area contributed by atoms with E-state index in [0.29, 0.717) is 19.2 Å². The highest BCUT2D eigenvalue weighted by Crippen LogP contribution is 2.06. The zero-order valence-electron chi connectivity index (χ0n) is 12.5.